The summed E-state index contributed by atoms with van der Waals surface area (Å²) < 4.78 is 6.23. The number of carbonyl (C=O) groups excluding carboxylic acids is 2. The van der Waals surface area contributed by atoms with Gasteiger partial charge in [-0.1, -0.05) is 0 Å². The molecule has 1 aromatic rings. The lowest BCUT2D eigenvalue weighted by molar-refractivity contribution is -0.136. The Hall–Kier alpha value is -1.45. The number of amides is 2. The molecule has 2 amide bonds. The minimum Gasteiger partial charge on any atom is -0.442 e. The van der Waals surface area contributed by atoms with Crippen molar-refractivity contribution in [2.75, 3.05) is 27.7 Å². The van der Waals surface area contributed by atoms with Crippen LogP contribution in [0, 0.1) is 5.92 Å². The largest absolute Gasteiger partial charge is 0.442 e. The third-order valence-electron chi connectivity index (χ3n) is 4.23. The molecule has 1 fully saturated rings. The molecule has 1 aromatic heterocycles. The third-order valence-corrected chi connectivity index (χ3v) is 6.16. The second kappa shape index (κ2) is 7.89. The van der Waals surface area contributed by atoms with Crippen LogP contribution in [-0.4, -0.2) is 61.0 Å². The fourth-order valence-corrected chi connectivity index (χ4v) is 4.51. The highest BCUT2D eigenvalue weighted by Crippen LogP contribution is 2.39. The Morgan fingerprint density at radius 2 is 2.11 bits per heavy atom. The van der Waals surface area contributed by atoms with Crippen molar-refractivity contribution in [2.24, 2.45) is 10.9 Å². The average Bonchev–Trinajstić information content (AvgIpc) is 2.94. The molecule has 0 saturated carbocycles. The Morgan fingerprint density at radius 1 is 1.48 bits per heavy atom. The van der Waals surface area contributed by atoms with Gasteiger partial charge in [0.15, 0.2) is 0 Å². The molecule has 1 N–H and O–H groups in total. The van der Waals surface area contributed by atoms with Crippen molar-refractivity contribution in [1.29, 1.82) is 0 Å². The Balaban J connectivity index is 2.44. The highest BCUT2D eigenvalue weighted by atomic mass is 79.9. The summed E-state index contributed by atoms with van der Waals surface area (Å²) in [5, 5.41) is 5.30. The second-order valence-electron chi connectivity index (χ2n) is 8.08. The quantitative estimate of drug-likeness (QED) is 0.751. The summed E-state index contributed by atoms with van der Waals surface area (Å²) in [6.45, 7) is 7.84. The van der Waals surface area contributed by atoms with E-state index in [2.05, 4.69) is 26.2 Å². The molecule has 2 rings (SSSR count). The maximum Gasteiger partial charge on any atom is 0.437 e. The number of thiophene rings is 1. The van der Waals surface area contributed by atoms with Gasteiger partial charge < -0.3 is 15.0 Å². The van der Waals surface area contributed by atoms with Crippen LogP contribution in [0.25, 0.3) is 0 Å². The summed E-state index contributed by atoms with van der Waals surface area (Å²) in [6, 6.07) is 1.99. The highest BCUT2D eigenvalue weighted by Gasteiger charge is 2.49. The zero-order valence-corrected chi connectivity index (χ0v) is 19.2. The molecule has 150 valence electrons. The summed E-state index contributed by atoms with van der Waals surface area (Å²) >= 11 is 5.03. The smallest absolute Gasteiger partial charge is 0.437 e. The summed E-state index contributed by atoms with van der Waals surface area (Å²) in [5.74, 6) is -0.256. The van der Waals surface area contributed by atoms with Gasteiger partial charge in [-0.2, -0.15) is 0 Å². The van der Waals surface area contributed by atoms with Crippen LogP contribution in [0.2, 0.25) is 0 Å². The molecule has 1 aliphatic rings. The average molecular weight is 459 g/mol. The van der Waals surface area contributed by atoms with E-state index in [0.29, 0.717) is 6.54 Å². The van der Waals surface area contributed by atoms with E-state index < -0.39 is 17.2 Å². The number of nitrogens with zero attached hydrogens (tertiary/aromatic N) is 3. The topological polar surface area (TPSA) is 74.2 Å². The van der Waals surface area contributed by atoms with Gasteiger partial charge in [0.2, 0.25) is 11.9 Å². The van der Waals surface area contributed by atoms with E-state index in [1.807, 2.05) is 37.4 Å². The number of hydrogen-bond donors (Lipinski definition) is 1. The zero-order valence-electron chi connectivity index (χ0n) is 16.8. The van der Waals surface area contributed by atoms with Crippen molar-refractivity contribution in [1.82, 2.24) is 15.1 Å². The molecule has 1 unspecified atom stereocenters. The van der Waals surface area contributed by atoms with Gasteiger partial charge in [-0.15, -0.1) is 16.3 Å². The number of hydrogen-bond acceptors (Lipinski definition) is 5. The fraction of sp³-hybridized carbons (Fsp3) is 0.611. The van der Waals surface area contributed by atoms with E-state index in [9.17, 15) is 9.59 Å². The van der Waals surface area contributed by atoms with Gasteiger partial charge in [0, 0.05) is 28.3 Å². The first-order valence-corrected chi connectivity index (χ1v) is 10.3. The van der Waals surface area contributed by atoms with Gasteiger partial charge in [0.25, 0.3) is 0 Å². The number of carbonyl (C=O) groups is 2. The number of aliphatic imine (C=N–C) groups is 1. The number of nitrogens with one attached hydrogen (secondary N) is 1. The molecular formula is C18H27BrN4O3S. The standard InChI is InChI=1S/C18H27BrN4O3S/c1-17(2,3)26-16(25)20-15-21-18(4,13-8-11(19)10-27-13)12(9-22(5)6)14(24)23(15)7/h8,10,12H,9H2,1-7H3,(H,20,21,25)/t12?,18-/m0/s1. The lowest BCUT2D eigenvalue weighted by atomic mass is 9.81. The SMILES string of the molecule is CN(C)CC1C(=O)N(C)/C(=N/C(=O)OC(C)(C)C)N[C@]1(C)c1cc(Br)cs1. The molecule has 0 radical (unpaired) electrons. The number of ether oxygens (including phenoxy) is 1. The summed E-state index contributed by atoms with van der Waals surface area (Å²) in [7, 11) is 5.48. The lowest BCUT2D eigenvalue weighted by Gasteiger charge is -2.45. The first kappa shape index (κ1) is 21.8. The van der Waals surface area contributed by atoms with Gasteiger partial charge in [-0.25, -0.2) is 4.79 Å². The Labute approximate surface area is 172 Å². The second-order valence-corrected chi connectivity index (χ2v) is 9.91. The van der Waals surface area contributed by atoms with Crippen LogP contribution in [0.1, 0.15) is 32.6 Å². The lowest BCUT2D eigenvalue weighted by Crippen LogP contribution is -2.65. The van der Waals surface area contributed by atoms with Crippen LogP contribution in [0.15, 0.2) is 20.9 Å². The number of rotatable bonds is 3. The van der Waals surface area contributed by atoms with Crippen molar-refractivity contribution >= 4 is 45.2 Å². The minimum absolute atomic E-state index is 0.100. The van der Waals surface area contributed by atoms with Gasteiger partial charge in [0.05, 0.1) is 11.5 Å². The zero-order chi connectivity index (χ0) is 20.6. The summed E-state index contributed by atoms with van der Waals surface area (Å²) in [4.78, 5) is 33.7. The first-order valence-electron chi connectivity index (χ1n) is 8.60. The Morgan fingerprint density at radius 3 is 2.59 bits per heavy atom. The molecule has 7 nitrogen and oxygen atoms in total. The number of halogens is 1. The molecule has 1 saturated heterocycles. The van der Waals surface area contributed by atoms with E-state index in [1.54, 1.807) is 39.2 Å². The summed E-state index contributed by atoms with van der Waals surface area (Å²) in [5.41, 5.74) is -1.36. The molecule has 2 heterocycles. The maximum absolute atomic E-state index is 13.2. The van der Waals surface area contributed by atoms with Crippen LogP contribution in [0.4, 0.5) is 4.79 Å². The van der Waals surface area contributed by atoms with E-state index >= 15 is 0 Å². The first-order chi connectivity index (χ1) is 12.3. The predicted octanol–water partition coefficient (Wildman–Crippen LogP) is 3.26. The van der Waals surface area contributed by atoms with Crippen LogP contribution in [-0.2, 0) is 15.1 Å². The monoisotopic (exact) mass is 458 g/mol. The van der Waals surface area contributed by atoms with E-state index in [1.165, 1.54) is 4.90 Å². The Kier molecular flexibility index (Phi) is 6.38. The van der Waals surface area contributed by atoms with Crippen LogP contribution >= 0.6 is 27.3 Å². The molecule has 9 heteroatoms. The van der Waals surface area contributed by atoms with Crippen molar-refractivity contribution in [3.63, 3.8) is 0 Å². The van der Waals surface area contributed by atoms with Crippen molar-refractivity contribution in [3.05, 3.63) is 20.8 Å². The molecule has 0 aromatic carbocycles. The van der Waals surface area contributed by atoms with Gasteiger partial charge in [-0.3, -0.25) is 9.69 Å². The molecule has 0 spiro atoms. The van der Waals surface area contributed by atoms with E-state index in [0.717, 1.165) is 9.35 Å². The van der Waals surface area contributed by atoms with Crippen molar-refractivity contribution < 1.29 is 14.3 Å². The molecular weight excluding hydrogens is 432 g/mol. The van der Waals surface area contributed by atoms with Crippen molar-refractivity contribution in [3.8, 4) is 0 Å². The van der Waals surface area contributed by atoms with Crippen LogP contribution in [0.3, 0.4) is 0 Å². The van der Waals surface area contributed by atoms with Crippen LogP contribution in [0.5, 0.6) is 0 Å². The van der Waals surface area contributed by atoms with Gasteiger partial charge in [0.1, 0.15) is 5.60 Å². The minimum atomic E-state index is -0.731. The molecule has 0 bridgehead atoms. The molecule has 2 atom stereocenters. The van der Waals surface area contributed by atoms with E-state index in [4.69, 9.17) is 4.74 Å². The fourth-order valence-electron chi connectivity index (χ4n) is 2.91. The van der Waals surface area contributed by atoms with Crippen LogP contribution < -0.4 is 5.32 Å². The van der Waals surface area contributed by atoms with Crippen molar-refractivity contribution in [2.45, 2.75) is 38.8 Å². The summed E-state index contributed by atoms with van der Waals surface area (Å²) in [6.07, 6.45) is -0.731. The normalized spacial score (nSPS) is 25.1. The Bertz CT molecular complexity index is 756. The van der Waals surface area contributed by atoms with Gasteiger partial charge >= 0.3 is 6.09 Å². The highest BCUT2D eigenvalue weighted by molar-refractivity contribution is 9.10. The van der Waals surface area contributed by atoms with Gasteiger partial charge in [-0.05, 0) is 63.8 Å². The maximum atomic E-state index is 13.2. The molecule has 1 aliphatic heterocycles. The third kappa shape index (κ3) is 5.08. The molecule has 0 aliphatic carbocycles. The number of guanidine groups is 1. The predicted molar refractivity (Wildman–Crippen MR) is 111 cm³/mol. The molecule has 27 heavy (non-hydrogen) atoms. The van der Waals surface area contributed by atoms with E-state index in [-0.39, 0.29) is 17.8 Å².